The second kappa shape index (κ2) is 6.16. The summed E-state index contributed by atoms with van der Waals surface area (Å²) < 4.78 is 5.41. The van der Waals surface area contributed by atoms with Crippen LogP contribution in [-0.2, 0) is 4.74 Å². The SMILES string of the molecule is CN(CC1CCCOC1)c1nc(Cl)ccc1[N+](=O)[O-]. The lowest BCUT2D eigenvalue weighted by atomic mass is 10.0. The predicted molar refractivity (Wildman–Crippen MR) is 72.7 cm³/mol. The molecule has 7 heteroatoms. The van der Waals surface area contributed by atoms with Crippen molar-refractivity contribution in [2.75, 3.05) is 31.7 Å². The first-order chi connectivity index (χ1) is 9.08. The van der Waals surface area contributed by atoms with Gasteiger partial charge in [-0.3, -0.25) is 10.1 Å². The van der Waals surface area contributed by atoms with Gasteiger partial charge in [-0.1, -0.05) is 11.6 Å². The lowest BCUT2D eigenvalue weighted by Gasteiger charge is -2.27. The molecular weight excluding hydrogens is 270 g/mol. The lowest BCUT2D eigenvalue weighted by molar-refractivity contribution is -0.384. The highest BCUT2D eigenvalue weighted by Gasteiger charge is 2.23. The first-order valence-corrected chi connectivity index (χ1v) is 6.55. The normalized spacial score (nSPS) is 19.2. The second-order valence-electron chi connectivity index (χ2n) is 4.70. The Bertz CT molecular complexity index is 464. The van der Waals surface area contributed by atoms with Crippen molar-refractivity contribution in [3.05, 3.63) is 27.4 Å². The molecule has 2 heterocycles. The van der Waals surface area contributed by atoms with Crippen LogP contribution in [-0.4, -0.2) is 36.7 Å². The third kappa shape index (κ3) is 3.54. The Morgan fingerprint density at radius 1 is 1.63 bits per heavy atom. The average Bonchev–Trinajstić information content (AvgIpc) is 2.39. The summed E-state index contributed by atoms with van der Waals surface area (Å²) >= 11 is 5.82. The Hall–Kier alpha value is -1.40. The number of hydrogen-bond acceptors (Lipinski definition) is 5. The molecule has 6 nitrogen and oxygen atoms in total. The van der Waals surface area contributed by atoms with Crippen molar-refractivity contribution in [2.45, 2.75) is 12.8 Å². The zero-order valence-corrected chi connectivity index (χ0v) is 11.5. The van der Waals surface area contributed by atoms with Gasteiger partial charge in [-0.25, -0.2) is 4.98 Å². The maximum atomic E-state index is 11.0. The Kier molecular flexibility index (Phi) is 4.55. The van der Waals surface area contributed by atoms with Crippen LogP contribution in [0.15, 0.2) is 12.1 Å². The number of anilines is 1. The van der Waals surface area contributed by atoms with Crippen molar-refractivity contribution in [1.82, 2.24) is 4.98 Å². The Morgan fingerprint density at radius 3 is 3.05 bits per heavy atom. The molecule has 104 valence electrons. The summed E-state index contributed by atoms with van der Waals surface area (Å²) in [6.07, 6.45) is 2.10. The van der Waals surface area contributed by atoms with E-state index < -0.39 is 4.92 Å². The van der Waals surface area contributed by atoms with Crippen LogP contribution in [0.5, 0.6) is 0 Å². The monoisotopic (exact) mass is 285 g/mol. The second-order valence-corrected chi connectivity index (χ2v) is 5.08. The summed E-state index contributed by atoms with van der Waals surface area (Å²) in [6, 6.07) is 2.82. The number of rotatable bonds is 4. The summed E-state index contributed by atoms with van der Waals surface area (Å²) in [5.41, 5.74) is -0.0244. The van der Waals surface area contributed by atoms with E-state index >= 15 is 0 Å². The summed E-state index contributed by atoms with van der Waals surface area (Å²) in [5.74, 6) is 0.683. The van der Waals surface area contributed by atoms with E-state index in [4.69, 9.17) is 16.3 Å². The molecule has 0 amide bonds. The minimum atomic E-state index is -0.438. The minimum Gasteiger partial charge on any atom is -0.381 e. The third-order valence-corrected chi connectivity index (χ3v) is 3.38. The Labute approximate surface area is 116 Å². The summed E-state index contributed by atoms with van der Waals surface area (Å²) in [7, 11) is 1.79. The van der Waals surface area contributed by atoms with Crippen LogP contribution < -0.4 is 4.90 Å². The molecule has 1 aliphatic rings. The fraction of sp³-hybridized carbons (Fsp3) is 0.583. The fourth-order valence-electron chi connectivity index (χ4n) is 2.27. The van der Waals surface area contributed by atoms with Gasteiger partial charge in [0.2, 0.25) is 5.82 Å². The molecule has 1 saturated heterocycles. The van der Waals surface area contributed by atoms with Crippen molar-refractivity contribution >= 4 is 23.1 Å². The predicted octanol–water partition coefficient (Wildman–Crippen LogP) is 2.51. The average molecular weight is 286 g/mol. The van der Waals surface area contributed by atoms with Crippen LogP contribution in [0.25, 0.3) is 0 Å². The molecule has 19 heavy (non-hydrogen) atoms. The number of aromatic nitrogens is 1. The van der Waals surface area contributed by atoms with Crippen LogP contribution in [0, 0.1) is 16.0 Å². The molecule has 0 aliphatic carbocycles. The number of nitrogens with zero attached hydrogens (tertiary/aromatic N) is 3. The molecule has 0 N–H and O–H groups in total. The number of nitro groups is 1. The zero-order valence-electron chi connectivity index (χ0n) is 10.7. The number of hydrogen-bond donors (Lipinski definition) is 0. The van der Waals surface area contributed by atoms with E-state index in [0.717, 1.165) is 19.4 Å². The number of pyridine rings is 1. The quantitative estimate of drug-likeness (QED) is 0.483. The van der Waals surface area contributed by atoms with Gasteiger partial charge in [0.1, 0.15) is 5.15 Å². The van der Waals surface area contributed by atoms with Crippen LogP contribution >= 0.6 is 11.6 Å². The number of ether oxygens (including phenoxy) is 1. The van der Waals surface area contributed by atoms with Gasteiger partial charge in [-0.15, -0.1) is 0 Å². The van der Waals surface area contributed by atoms with Gasteiger partial charge in [0.15, 0.2) is 0 Å². The molecular formula is C12H16ClN3O3. The molecule has 1 aromatic heterocycles. The topological polar surface area (TPSA) is 68.5 Å². The molecule has 2 rings (SSSR count). The van der Waals surface area contributed by atoms with Crippen LogP contribution in [0.4, 0.5) is 11.5 Å². The van der Waals surface area contributed by atoms with Gasteiger partial charge in [0.05, 0.1) is 11.5 Å². The van der Waals surface area contributed by atoms with Crippen molar-refractivity contribution in [3.8, 4) is 0 Å². The summed E-state index contributed by atoms with van der Waals surface area (Å²) in [6.45, 7) is 2.17. The molecule has 0 bridgehead atoms. The molecule has 1 atom stereocenters. The van der Waals surface area contributed by atoms with Gasteiger partial charge in [-0.2, -0.15) is 0 Å². The van der Waals surface area contributed by atoms with Crippen molar-refractivity contribution in [3.63, 3.8) is 0 Å². The fourth-order valence-corrected chi connectivity index (χ4v) is 2.41. The molecule has 0 spiro atoms. The largest absolute Gasteiger partial charge is 0.381 e. The summed E-state index contributed by atoms with van der Waals surface area (Å²) in [5, 5.41) is 11.3. The van der Waals surface area contributed by atoms with E-state index in [1.165, 1.54) is 12.1 Å². The van der Waals surface area contributed by atoms with Gasteiger partial charge < -0.3 is 9.64 Å². The van der Waals surface area contributed by atoms with Crippen molar-refractivity contribution in [2.24, 2.45) is 5.92 Å². The number of halogens is 1. The van der Waals surface area contributed by atoms with E-state index in [-0.39, 0.29) is 10.8 Å². The minimum absolute atomic E-state index is 0.0244. The van der Waals surface area contributed by atoms with Crippen LogP contribution in [0.3, 0.4) is 0 Å². The van der Waals surface area contributed by atoms with E-state index in [2.05, 4.69) is 4.98 Å². The summed E-state index contributed by atoms with van der Waals surface area (Å²) in [4.78, 5) is 16.4. The Balaban J connectivity index is 2.14. The van der Waals surface area contributed by atoms with Gasteiger partial charge >= 0.3 is 5.69 Å². The molecule has 0 saturated carbocycles. The maximum absolute atomic E-state index is 11.0. The maximum Gasteiger partial charge on any atom is 0.311 e. The molecule has 1 unspecified atom stereocenters. The standard InChI is InChI=1S/C12H16ClN3O3/c1-15(7-9-3-2-6-19-8-9)12-10(16(17)18)4-5-11(13)14-12/h4-5,9H,2-3,6-8H2,1H3. The molecule has 1 aromatic rings. The highest BCUT2D eigenvalue weighted by atomic mass is 35.5. The zero-order chi connectivity index (χ0) is 13.8. The van der Waals surface area contributed by atoms with E-state index in [1.54, 1.807) is 11.9 Å². The van der Waals surface area contributed by atoms with Gasteiger partial charge in [0.25, 0.3) is 0 Å². The highest BCUT2D eigenvalue weighted by molar-refractivity contribution is 6.29. The Morgan fingerprint density at radius 2 is 2.42 bits per heavy atom. The molecule has 1 fully saturated rings. The van der Waals surface area contributed by atoms with E-state index in [0.29, 0.717) is 24.9 Å². The van der Waals surface area contributed by atoms with Crippen LogP contribution in [0.1, 0.15) is 12.8 Å². The third-order valence-electron chi connectivity index (χ3n) is 3.17. The molecule has 0 aromatic carbocycles. The van der Waals surface area contributed by atoms with Gasteiger partial charge in [-0.05, 0) is 24.8 Å². The highest BCUT2D eigenvalue weighted by Crippen LogP contribution is 2.28. The first kappa shape index (κ1) is 14.0. The smallest absolute Gasteiger partial charge is 0.311 e. The van der Waals surface area contributed by atoms with Gasteiger partial charge in [0, 0.05) is 26.3 Å². The molecule has 1 aliphatic heterocycles. The van der Waals surface area contributed by atoms with Crippen LogP contribution in [0.2, 0.25) is 5.15 Å². The molecule has 0 radical (unpaired) electrons. The van der Waals surface area contributed by atoms with E-state index in [1.807, 2.05) is 0 Å². The van der Waals surface area contributed by atoms with E-state index in [9.17, 15) is 10.1 Å². The first-order valence-electron chi connectivity index (χ1n) is 6.17. The lowest BCUT2D eigenvalue weighted by Crippen LogP contribution is -2.31. The van der Waals surface area contributed by atoms with Crippen molar-refractivity contribution in [1.29, 1.82) is 0 Å². The van der Waals surface area contributed by atoms with Crippen molar-refractivity contribution < 1.29 is 9.66 Å².